The Hall–Kier alpha value is -2.44. The number of pyridine rings is 1. The van der Waals surface area contributed by atoms with Crippen LogP contribution in [0.25, 0.3) is 0 Å². The first-order chi connectivity index (χ1) is 8.56. The predicted molar refractivity (Wildman–Crippen MR) is 63.2 cm³/mol. The van der Waals surface area contributed by atoms with E-state index in [0.717, 1.165) is 0 Å². The average molecular weight is 249 g/mol. The third-order valence-electron chi connectivity index (χ3n) is 2.69. The molecule has 0 bridgehead atoms. The topological polar surface area (TPSA) is 105 Å². The molecule has 2 unspecified atom stereocenters. The third-order valence-corrected chi connectivity index (χ3v) is 2.69. The second kappa shape index (κ2) is 4.82. The molecular weight excluding hydrogens is 238 g/mol. The summed E-state index contributed by atoms with van der Waals surface area (Å²) in [6, 6.07) is 2.46. The van der Waals surface area contributed by atoms with Crippen molar-refractivity contribution in [1.82, 2.24) is 4.98 Å². The van der Waals surface area contributed by atoms with E-state index in [9.17, 15) is 14.9 Å². The zero-order chi connectivity index (χ0) is 13.1. The largest absolute Gasteiger partial charge is 0.481 e. The van der Waals surface area contributed by atoms with Crippen molar-refractivity contribution < 1.29 is 14.8 Å². The van der Waals surface area contributed by atoms with Gasteiger partial charge in [-0.25, -0.2) is 4.98 Å². The number of nitro groups is 1. The summed E-state index contributed by atoms with van der Waals surface area (Å²) < 4.78 is 0. The Labute approximate surface area is 102 Å². The monoisotopic (exact) mass is 249 g/mol. The van der Waals surface area contributed by atoms with Crippen LogP contribution in [-0.4, -0.2) is 27.0 Å². The number of hydrogen-bond acceptors (Lipinski definition) is 5. The minimum absolute atomic E-state index is 0.0516. The predicted octanol–water partition coefficient (Wildman–Crippen LogP) is 1.43. The van der Waals surface area contributed by atoms with Gasteiger partial charge in [-0.05, 0) is 6.42 Å². The highest BCUT2D eigenvalue weighted by Gasteiger charge is 2.24. The Morgan fingerprint density at radius 1 is 1.56 bits per heavy atom. The van der Waals surface area contributed by atoms with Gasteiger partial charge in [0.2, 0.25) is 0 Å². The van der Waals surface area contributed by atoms with Crippen LogP contribution in [0.5, 0.6) is 0 Å². The van der Waals surface area contributed by atoms with Crippen LogP contribution in [0.15, 0.2) is 30.5 Å². The number of nitrogens with one attached hydrogen (secondary N) is 1. The van der Waals surface area contributed by atoms with Gasteiger partial charge in [0, 0.05) is 18.3 Å². The molecule has 0 saturated carbocycles. The minimum Gasteiger partial charge on any atom is -0.481 e. The van der Waals surface area contributed by atoms with E-state index in [1.165, 1.54) is 18.3 Å². The van der Waals surface area contributed by atoms with Crippen molar-refractivity contribution in [2.75, 3.05) is 5.32 Å². The lowest BCUT2D eigenvalue weighted by Crippen LogP contribution is -2.19. The number of rotatable bonds is 4. The number of nitrogens with zero attached hydrogens (tertiary/aromatic N) is 2. The number of carboxylic acid groups (broad SMARTS) is 1. The van der Waals surface area contributed by atoms with Crippen LogP contribution in [0.3, 0.4) is 0 Å². The quantitative estimate of drug-likeness (QED) is 0.475. The lowest BCUT2D eigenvalue weighted by atomic mass is 10.1. The molecule has 94 valence electrons. The summed E-state index contributed by atoms with van der Waals surface area (Å²) in [5.41, 5.74) is -0.0516. The van der Waals surface area contributed by atoms with Crippen LogP contribution in [0.2, 0.25) is 0 Å². The van der Waals surface area contributed by atoms with Gasteiger partial charge >= 0.3 is 5.97 Å². The molecule has 1 aliphatic carbocycles. The summed E-state index contributed by atoms with van der Waals surface area (Å²) in [6.45, 7) is 0. The van der Waals surface area contributed by atoms with E-state index in [1.54, 1.807) is 12.2 Å². The number of anilines is 1. The molecule has 1 aromatic heterocycles. The van der Waals surface area contributed by atoms with Crippen LogP contribution in [-0.2, 0) is 4.79 Å². The van der Waals surface area contributed by atoms with Crippen molar-refractivity contribution in [2.24, 2.45) is 5.92 Å². The van der Waals surface area contributed by atoms with Crippen LogP contribution < -0.4 is 5.32 Å². The first-order valence-electron chi connectivity index (χ1n) is 5.34. The second-order valence-electron chi connectivity index (χ2n) is 3.97. The molecule has 2 N–H and O–H groups in total. The molecule has 0 amide bonds. The molecule has 0 spiro atoms. The molecule has 1 heterocycles. The maximum atomic E-state index is 10.8. The Morgan fingerprint density at radius 3 is 2.94 bits per heavy atom. The molecule has 0 aliphatic heterocycles. The van der Waals surface area contributed by atoms with E-state index < -0.39 is 16.8 Å². The molecule has 0 aromatic carbocycles. The van der Waals surface area contributed by atoms with Crippen LogP contribution in [0.4, 0.5) is 11.5 Å². The second-order valence-corrected chi connectivity index (χ2v) is 3.97. The number of aliphatic carboxylic acids is 1. The van der Waals surface area contributed by atoms with E-state index in [0.29, 0.717) is 12.2 Å². The third kappa shape index (κ3) is 2.62. The number of carboxylic acids is 1. The first-order valence-corrected chi connectivity index (χ1v) is 5.34. The zero-order valence-electron chi connectivity index (χ0n) is 9.31. The SMILES string of the molecule is O=C(O)C1C=CC(Nc2cc([N+](=O)[O-])ccn2)C1. The van der Waals surface area contributed by atoms with Gasteiger partial charge in [0.1, 0.15) is 5.82 Å². The summed E-state index contributed by atoms with van der Waals surface area (Å²) in [5.74, 6) is -1.02. The molecule has 0 saturated heterocycles. The van der Waals surface area contributed by atoms with Gasteiger partial charge in [0.15, 0.2) is 0 Å². The van der Waals surface area contributed by atoms with Crippen molar-refractivity contribution in [2.45, 2.75) is 12.5 Å². The summed E-state index contributed by atoms with van der Waals surface area (Å²) in [7, 11) is 0. The summed E-state index contributed by atoms with van der Waals surface area (Å²) >= 11 is 0. The van der Waals surface area contributed by atoms with Gasteiger partial charge < -0.3 is 10.4 Å². The Bertz CT molecular complexity index is 515. The standard InChI is InChI=1S/C11H11N3O4/c15-11(16)7-1-2-8(5-7)13-10-6-9(14(17)18)3-4-12-10/h1-4,6-8H,5H2,(H,12,13)(H,15,16). The maximum Gasteiger partial charge on any atom is 0.310 e. The van der Waals surface area contributed by atoms with Crippen molar-refractivity contribution in [3.8, 4) is 0 Å². The summed E-state index contributed by atoms with van der Waals surface area (Å²) in [5, 5.41) is 22.4. The highest BCUT2D eigenvalue weighted by Crippen LogP contribution is 2.22. The lowest BCUT2D eigenvalue weighted by Gasteiger charge is -2.12. The molecule has 0 fully saturated rings. The van der Waals surface area contributed by atoms with Crippen molar-refractivity contribution in [1.29, 1.82) is 0 Å². The van der Waals surface area contributed by atoms with E-state index in [4.69, 9.17) is 5.11 Å². The van der Waals surface area contributed by atoms with E-state index in [2.05, 4.69) is 10.3 Å². The fourth-order valence-electron chi connectivity index (χ4n) is 1.79. The van der Waals surface area contributed by atoms with Gasteiger partial charge in [-0.1, -0.05) is 12.2 Å². The van der Waals surface area contributed by atoms with Crippen molar-refractivity contribution in [3.05, 3.63) is 40.6 Å². The van der Waals surface area contributed by atoms with Gasteiger partial charge in [-0.2, -0.15) is 0 Å². The Morgan fingerprint density at radius 2 is 2.33 bits per heavy atom. The van der Waals surface area contributed by atoms with Crippen LogP contribution >= 0.6 is 0 Å². The highest BCUT2D eigenvalue weighted by molar-refractivity contribution is 5.73. The molecule has 7 heteroatoms. The molecule has 2 atom stereocenters. The van der Waals surface area contributed by atoms with E-state index in [-0.39, 0.29) is 11.7 Å². The lowest BCUT2D eigenvalue weighted by molar-refractivity contribution is -0.384. The fourth-order valence-corrected chi connectivity index (χ4v) is 1.79. The molecular formula is C11H11N3O4. The minimum atomic E-state index is -0.873. The number of aromatic nitrogens is 1. The van der Waals surface area contributed by atoms with Gasteiger partial charge in [-0.3, -0.25) is 14.9 Å². The maximum absolute atomic E-state index is 10.8. The fraction of sp³-hybridized carbons (Fsp3) is 0.273. The molecule has 2 rings (SSSR count). The first kappa shape index (κ1) is 12.0. The van der Waals surface area contributed by atoms with Gasteiger partial charge in [0.05, 0.1) is 16.9 Å². The van der Waals surface area contributed by atoms with Crippen molar-refractivity contribution >= 4 is 17.5 Å². The number of hydrogen-bond donors (Lipinski definition) is 2. The summed E-state index contributed by atoms with van der Waals surface area (Å²) in [4.78, 5) is 24.8. The van der Waals surface area contributed by atoms with Crippen LogP contribution in [0.1, 0.15) is 6.42 Å². The normalized spacial score (nSPS) is 21.8. The highest BCUT2D eigenvalue weighted by atomic mass is 16.6. The van der Waals surface area contributed by atoms with E-state index >= 15 is 0 Å². The Kier molecular flexibility index (Phi) is 3.22. The molecule has 18 heavy (non-hydrogen) atoms. The molecule has 1 aliphatic rings. The zero-order valence-corrected chi connectivity index (χ0v) is 9.31. The van der Waals surface area contributed by atoms with Gasteiger partial charge in [-0.15, -0.1) is 0 Å². The molecule has 0 radical (unpaired) electrons. The molecule has 7 nitrogen and oxygen atoms in total. The van der Waals surface area contributed by atoms with Crippen LogP contribution in [0, 0.1) is 16.0 Å². The smallest absolute Gasteiger partial charge is 0.310 e. The van der Waals surface area contributed by atoms with Crippen molar-refractivity contribution in [3.63, 3.8) is 0 Å². The van der Waals surface area contributed by atoms with Gasteiger partial charge in [0.25, 0.3) is 5.69 Å². The Balaban J connectivity index is 2.03. The average Bonchev–Trinajstić information content (AvgIpc) is 2.78. The molecule has 1 aromatic rings. The summed E-state index contributed by atoms with van der Waals surface area (Å²) in [6.07, 6.45) is 5.10. The number of carbonyl (C=O) groups is 1. The van der Waals surface area contributed by atoms with E-state index in [1.807, 2.05) is 0 Å².